The molecule has 0 aromatic heterocycles. The molecule has 0 N–H and O–H groups in total. The van der Waals surface area contributed by atoms with Gasteiger partial charge in [0, 0.05) is 0 Å². The molecule has 1 aromatic rings. The van der Waals surface area contributed by atoms with E-state index in [1.54, 1.807) is 0 Å². The fourth-order valence-corrected chi connectivity index (χ4v) is 1.61. The Morgan fingerprint density at radius 2 is 2.00 bits per heavy atom. The van der Waals surface area contributed by atoms with Crippen LogP contribution in [0.25, 0.3) is 0 Å². The molecular formula is C14H21O. The molecule has 1 heteroatoms. The molecular weight excluding hydrogens is 184 g/mol. The van der Waals surface area contributed by atoms with Gasteiger partial charge in [0.15, 0.2) is 0 Å². The maximum Gasteiger partial charge on any atom is 0.119 e. The van der Waals surface area contributed by atoms with E-state index in [0.29, 0.717) is 6.10 Å². The van der Waals surface area contributed by atoms with Gasteiger partial charge in [-0.25, -0.2) is 0 Å². The zero-order valence-electron chi connectivity index (χ0n) is 9.78. The average Bonchev–Trinajstić information content (AvgIpc) is 2.28. The molecule has 1 radical (unpaired) electrons. The van der Waals surface area contributed by atoms with Crippen molar-refractivity contribution in [3.05, 3.63) is 36.8 Å². The molecule has 0 heterocycles. The average molecular weight is 205 g/mol. The van der Waals surface area contributed by atoms with Crippen LogP contribution in [0.5, 0.6) is 5.75 Å². The monoisotopic (exact) mass is 205 g/mol. The minimum absolute atomic E-state index is 0.345. The van der Waals surface area contributed by atoms with Crippen LogP contribution in [0.4, 0.5) is 0 Å². The maximum absolute atomic E-state index is 5.93. The van der Waals surface area contributed by atoms with E-state index in [-0.39, 0.29) is 0 Å². The summed E-state index contributed by atoms with van der Waals surface area (Å²) in [6.07, 6.45) is 7.19. The minimum Gasteiger partial charge on any atom is -0.490 e. The SMILES string of the molecule is C[CH]CC(CCCC)Oc1ccccc1. The summed E-state index contributed by atoms with van der Waals surface area (Å²) in [7, 11) is 0. The third-order valence-corrected chi connectivity index (χ3v) is 2.42. The van der Waals surface area contributed by atoms with Gasteiger partial charge in [-0.15, -0.1) is 0 Å². The third-order valence-electron chi connectivity index (χ3n) is 2.42. The quantitative estimate of drug-likeness (QED) is 0.647. The summed E-state index contributed by atoms with van der Waals surface area (Å²) in [6, 6.07) is 10.1. The first kappa shape index (κ1) is 12.1. The van der Waals surface area contributed by atoms with Crippen LogP contribution in [0, 0.1) is 6.42 Å². The van der Waals surface area contributed by atoms with Crippen molar-refractivity contribution in [2.75, 3.05) is 0 Å². The maximum atomic E-state index is 5.93. The number of ether oxygens (including phenoxy) is 1. The number of para-hydroxylation sites is 1. The van der Waals surface area contributed by atoms with E-state index < -0.39 is 0 Å². The highest BCUT2D eigenvalue weighted by molar-refractivity contribution is 5.21. The molecule has 83 valence electrons. The normalized spacial score (nSPS) is 12.4. The number of hydrogen-bond acceptors (Lipinski definition) is 1. The minimum atomic E-state index is 0.345. The van der Waals surface area contributed by atoms with Gasteiger partial charge in [0.2, 0.25) is 0 Å². The molecule has 0 saturated heterocycles. The van der Waals surface area contributed by atoms with Crippen LogP contribution in [-0.4, -0.2) is 6.10 Å². The Balaban J connectivity index is 2.43. The van der Waals surface area contributed by atoms with Crippen molar-refractivity contribution in [1.82, 2.24) is 0 Å². The van der Waals surface area contributed by atoms with E-state index >= 15 is 0 Å². The highest BCUT2D eigenvalue weighted by Crippen LogP contribution is 2.16. The molecule has 0 fully saturated rings. The van der Waals surface area contributed by atoms with E-state index in [1.807, 2.05) is 30.3 Å². The lowest BCUT2D eigenvalue weighted by Crippen LogP contribution is -2.16. The van der Waals surface area contributed by atoms with Crippen molar-refractivity contribution in [3.63, 3.8) is 0 Å². The number of benzene rings is 1. The summed E-state index contributed by atoms with van der Waals surface area (Å²) in [6.45, 7) is 4.31. The predicted octanol–water partition coefficient (Wildman–Crippen LogP) is 4.24. The molecule has 0 spiro atoms. The first-order valence-electron chi connectivity index (χ1n) is 5.86. The lowest BCUT2D eigenvalue weighted by molar-refractivity contribution is 0.187. The van der Waals surface area contributed by atoms with Crippen LogP contribution in [0.15, 0.2) is 30.3 Å². The van der Waals surface area contributed by atoms with Gasteiger partial charge in [-0.3, -0.25) is 0 Å². The van der Waals surface area contributed by atoms with Crippen LogP contribution in [0.3, 0.4) is 0 Å². The summed E-state index contributed by atoms with van der Waals surface area (Å²) in [5.74, 6) is 0.987. The molecule has 1 rings (SSSR count). The van der Waals surface area contributed by atoms with E-state index in [0.717, 1.165) is 18.6 Å². The van der Waals surface area contributed by atoms with Crippen molar-refractivity contribution in [2.45, 2.75) is 45.6 Å². The summed E-state index contributed by atoms with van der Waals surface area (Å²) in [5, 5.41) is 0. The highest BCUT2D eigenvalue weighted by atomic mass is 16.5. The summed E-state index contributed by atoms with van der Waals surface area (Å²) in [5.41, 5.74) is 0. The molecule has 0 aliphatic carbocycles. The van der Waals surface area contributed by atoms with Crippen molar-refractivity contribution in [3.8, 4) is 5.75 Å². The zero-order chi connectivity index (χ0) is 10.9. The van der Waals surface area contributed by atoms with Gasteiger partial charge in [0.1, 0.15) is 5.75 Å². The largest absolute Gasteiger partial charge is 0.490 e. The standard InChI is InChI=1S/C14H21O/c1-3-5-10-13(9-4-2)15-14-11-7-6-8-12-14/h4,6-8,11-13H,3,5,9-10H2,1-2H3. The second-order valence-corrected chi connectivity index (χ2v) is 3.84. The van der Waals surface area contributed by atoms with Gasteiger partial charge in [-0.2, -0.15) is 0 Å². The zero-order valence-corrected chi connectivity index (χ0v) is 9.78. The Morgan fingerprint density at radius 3 is 2.60 bits per heavy atom. The summed E-state index contributed by atoms with van der Waals surface area (Å²) in [4.78, 5) is 0. The summed E-state index contributed by atoms with van der Waals surface area (Å²) < 4.78 is 5.93. The lowest BCUT2D eigenvalue weighted by Gasteiger charge is -2.18. The van der Waals surface area contributed by atoms with Crippen molar-refractivity contribution >= 4 is 0 Å². The molecule has 1 unspecified atom stereocenters. The molecule has 0 amide bonds. The van der Waals surface area contributed by atoms with Crippen LogP contribution in [0.2, 0.25) is 0 Å². The van der Waals surface area contributed by atoms with Crippen LogP contribution < -0.4 is 4.74 Å². The molecule has 15 heavy (non-hydrogen) atoms. The van der Waals surface area contributed by atoms with E-state index in [1.165, 1.54) is 12.8 Å². The van der Waals surface area contributed by atoms with Crippen LogP contribution in [-0.2, 0) is 0 Å². The number of unbranched alkanes of at least 4 members (excludes halogenated alkanes) is 1. The second-order valence-electron chi connectivity index (χ2n) is 3.84. The summed E-state index contributed by atoms with van der Waals surface area (Å²) >= 11 is 0. The molecule has 0 bridgehead atoms. The van der Waals surface area contributed by atoms with Crippen LogP contribution in [0.1, 0.15) is 39.5 Å². The Bertz CT molecular complexity index is 243. The van der Waals surface area contributed by atoms with Crippen molar-refractivity contribution < 1.29 is 4.74 Å². The number of hydrogen-bond donors (Lipinski definition) is 0. The van der Waals surface area contributed by atoms with Gasteiger partial charge < -0.3 is 4.74 Å². The predicted molar refractivity (Wildman–Crippen MR) is 65.0 cm³/mol. The van der Waals surface area contributed by atoms with Crippen molar-refractivity contribution in [2.24, 2.45) is 0 Å². The molecule has 1 atom stereocenters. The fourth-order valence-electron chi connectivity index (χ4n) is 1.61. The van der Waals surface area contributed by atoms with Gasteiger partial charge in [0.05, 0.1) is 6.10 Å². The smallest absolute Gasteiger partial charge is 0.119 e. The highest BCUT2D eigenvalue weighted by Gasteiger charge is 2.08. The second kappa shape index (κ2) is 7.33. The Kier molecular flexibility index (Phi) is 5.91. The molecule has 0 aliphatic rings. The molecule has 1 nitrogen and oxygen atoms in total. The topological polar surface area (TPSA) is 9.23 Å². The Hall–Kier alpha value is -0.980. The third kappa shape index (κ3) is 4.87. The van der Waals surface area contributed by atoms with Crippen LogP contribution >= 0.6 is 0 Å². The molecule has 0 aliphatic heterocycles. The van der Waals surface area contributed by atoms with Crippen molar-refractivity contribution in [1.29, 1.82) is 0 Å². The van der Waals surface area contributed by atoms with Gasteiger partial charge in [0.25, 0.3) is 0 Å². The first-order valence-corrected chi connectivity index (χ1v) is 5.86. The lowest BCUT2D eigenvalue weighted by atomic mass is 10.1. The molecule has 1 aromatic carbocycles. The van der Waals surface area contributed by atoms with Gasteiger partial charge in [-0.05, 0) is 31.4 Å². The fraction of sp³-hybridized carbons (Fsp3) is 0.500. The first-order chi connectivity index (χ1) is 7.36. The Labute approximate surface area is 93.5 Å². The Morgan fingerprint density at radius 1 is 1.27 bits per heavy atom. The molecule has 0 saturated carbocycles. The van der Waals surface area contributed by atoms with E-state index in [9.17, 15) is 0 Å². The number of rotatable bonds is 7. The van der Waals surface area contributed by atoms with E-state index in [2.05, 4.69) is 20.3 Å². The van der Waals surface area contributed by atoms with E-state index in [4.69, 9.17) is 4.74 Å². The van der Waals surface area contributed by atoms with Gasteiger partial charge in [-0.1, -0.05) is 44.9 Å². The van der Waals surface area contributed by atoms with Gasteiger partial charge >= 0.3 is 0 Å².